The first kappa shape index (κ1) is 14.1. The fourth-order valence-corrected chi connectivity index (χ4v) is 3.50. The minimum atomic E-state index is -0.874. The van der Waals surface area contributed by atoms with E-state index in [-0.39, 0.29) is 5.54 Å². The minimum absolute atomic E-state index is 0.149. The maximum Gasteiger partial charge on any atom is 0.335 e. The van der Waals surface area contributed by atoms with Crippen LogP contribution < -0.4 is 0 Å². The highest BCUT2D eigenvalue weighted by molar-refractivity contribution is 5.92. The Morgan fingerprint density at radius 3 is 2.67 bits per heavy atom. The standard InChI is InChI=1S/C17H22N2O2/c1-3-6-15-18-13-8-7-12(16(20)21)11-14(13)19(15)17(4-2)9-5-10-17/h7-8,11H,3-6,9-10H2,1-2H3,(H,20,21). The topological polar surface area (TPSA) is 55.1 Å². The average molecular weight is 286 g/mol. The highest BCUT2D eigenvalue weighted by Crippen LogP contribution is 2.44. The number of aromatic carboxylic acids is 1. The number of carboxylic acids is 1. The highest BCUT2D eigenvalue weighted by atomic mass is 16.4. The molecule has 1 aliphatic rings. The van der Waals surface area contributed by atoms with Gasteiger partial charge < -0.3 is 9.67 Å². The molecule has 1 heterocycles. The second-order valence-corrected chi connectivity index (χ2v) is 6.05. The van der Waals surface area contributed by atoms with Gasteiger partial charge >= 0.3 is 5.97 Å². The minimum Gasteiger partial charge on any atom is -0.478 e. The summed E-state index contributed by atoms with van der Waals surface area (Å²) in [6.45, 7) is 4.38. The maximum atomic E-state index is 11.3. The summed E-state index contributed by atoms with van der Waals surface area (Å²) in [5, 5.41) is 9.25. The van der Waals surface area contributed by atoms with E-state index >= 15 is 0 Å². The number of fused-ring (bicyclic) bond motifs is 1. The van der Waals surface area contributed by atoms with E-state index in [0.717, 1.165) is 36.1 Å². The normalized spacial score (nSPS) is 16.9. The van der Waals surface area contributed by atoms with Gasteiger partial charge in [0.15, 0.2) is 0 Å². The molecule has 0 bridgehead atoms. The Morgan fingerprint density at radius 2 is 2.14 bits per heavy atom. The van der Waals surface area contributed by atoms with Crippen LogP contribution in [0, 0.1) is 0 Å². The Morgan fingerprint density at radius 1 is 1.38 bits per heavy atom. The van der Waals surface area contributed by atoms with Gasteiger partial charge in [-0.3, -0.25) is 0 Å². The van der Waals surface area contributed by atoms with E-state index in [2.05, 4.69) is 18.4 Å². The Labute approximate surface area is 124 Å². The summed E-state index contributed by atoms with van der Waals surface area (Å²) in [6, 6.07) is 5.28. The zero-order valence-corrected chi connectivity index (χ0v) is 12.7. The first-order chi connectivity index (χ1) is 10.1. The Hall–Kier alpha value is -1.84. The van der Waals surface area contributed by atoms with Crippen molar-refractivity contribution in [1.82, 2.24) is 9.55 Å². The molecule has 0 atom stereocenters. The highest BCUT2D eigenvalue weighted by Gasteiger charge is 2.39. The molecule has 112 valence electrons. The molecule has 1 aromatic carbocycles. The van der Waals surface area contributed by atoms with Crippen LogP contribution in [-0.2, 0) is 12.0 Å². The van der Waals surface area contributed by atoms with Gasteiger partial charge in [0.2, 0.25) is 0 Å². The fraction of sp³-hybridized carbons (Fsp3) is 0.529. The summed E-state index contributed by atoms with van der Waals surface area (Å²) in [4.78, 5) is 16.0. The van der Waals surface area contributed by atoms with E-state index < -0.39 is 5.97 Å². The van der Waals surface area contributed by atoms with E-state index in [0.29, 0.717) is 5.56 Å². The smallest absolute Gasteiger partial charge is 0.335 e. The molecule has 1 aromatic heterocycles. The molecule has 0 spiro atoms. The van der Waals surface area contributed by atoms with Crippen LogP contribution in [0.2, 0.25) is 0 Å². The van der Waals surface area contributed by atoms with Gasteiger partial charge in [-0.05, 0) is 50.3 Å². The number of hydrogen-bond acceptors (Lipinski definition) is 2. The van der Waals surface area contributed by atoms with Gasteiger partial charge in [0.25, 0.3) is 0 Å². The molecule has 1 aliphatic carbocycles. The summed E-state index contributed by atoms with van der Waals surface area (Å²) in [5.74, 6) is 0.234. The van der Waals surface area contributed by atoms with Crippen LogP contribution in [0.5, 0.6) is 0 Å². The monoisotopic (exact) mass is 286 g/mol. The van der Waals surface area contributed by atoms with E-state index in [1.807, 2.05) is 6.07 Å². The number of carbonyl (C=O) groups is 1. The Bertz CT molecular complexity index is 678. The van der Waals surface area contributed by atoms with E-state index in [9.17, 15) is 9.90 Å². The number of benzene rings is 1. The lowest BCUT2D eigenvalue weighted by atomic mass is 9.74. The number of carboxylic acid groups (broad SMARTS) is 1. The van der Waals surface area contributed by atoms with Crippen molar-refractivity contribution in [1.29, 1.82) is 0 Å². The van der Waals surface area contributed by atoms with Crippen LogP contribution >= 0.6 is 0 Å². The van der Waals surface area contributed by atoms with Crippen molar-refractivity contribution in [3.05, 3.63) is 29.6 Å². The number of aromatic nitrogens is 2. The molecule has 4 heteroatoms. The number of aryl methyl sites for hydroxylation is 1. The van der Waals surface area contributed by atoms with Gasteiger partial charge in [-0.2, -0.15) is 0 Å². The predicted octanol–water partition coefficient (Wildman–Crippen LogP) is 3.98. The van der Waals surface area contributed by atoms with Gasteiger partial charge in [0, 0.05) is 12.0 Å². The molecule has 1 N–H and O–H groups in total. The summed E-state index contributed by atoms with van der Waals surface area (Å²) >= 11 is 0. The molecule has 0 unspecified atom stereocenters. The van der Waals surface area contributed by atoms with Crippen molar-refractivity contribution >= 4 is 17.0 Å². The van der Waals surface area contributed by atoms with Crippen molar-refractivity contribution < 1.29 is 9.90 Å². The van der Waals surface area contributed by atoms with Crippen molar-refractivity contribution in [2.75, 3.05) is 0 Å². The zero-order chi connectivity index (χ0) is 15.0. The van der Waals surface area contributed by atoms with Gasteiger partial charge in [0.1, 0.15) is 5.82 Å². The molecule has 21 heavy (non-hydrogen) atoms. The number of nitrogens with zero attached hydrogens (tertiary/aromatic N) is 2. The van der Waals surface area contributed by atoms with Gasteiger partial charge in [-0.15, -0.1) is 0 Å². The SMILES string of the molecule is CCCc1nc2ccc(C(=O)O)cc2n1C1(CC)CCC1. The van der Waals surface area contributed by atoms with Gasteiger partial charge in [0.05, 0.1) is 16.6 Å². The molecule has 1 fully saturated rings. The van der Waals surface area contributed by atoms with E-state index in [1.165, 1.54) is 19.3 Å². The zero-order valence-electron chi connectivity index (χ0n) is 12.7. The van der Waals surface area contributed by atoms with Crippen LogP contribution in [-0.4, -0.2) is 20.6 Å². The lowest BCUT2D eigenvalue weighted by Crippen LogP contribution is -2.40. The molecular weight excluding hydrogens is 264 g/mol. The summed E-state index contributed by atoms with van der Waals surface area (Å²) < 4.78 is 2.35. The first-order valence-electron chi connectivity index (χ1n) is 7.86. The van der Waals surface area contributed by atoms with Crippen molar-refractivity contribution in [3.8, 4) is 0 Å². The lowest BCUT2D eigenvalue weighted by Gasteiger charge is -2.44. The van der Waals surface area contributed by atoms with Crippen LogP contribution in [0.15, 0.2) is 18.2 Å². The number of hydrogen-bond donors (Lipinski definition) is 1. The second kappa shape index (κ2) is 5.17. The van der Waals surface area contributed by atoms with Crippen molar-refractivity contribution in [2.24, 2.45) is 0 Å². The summed E-state index contributed by atoms with van der Waals surface area (Å²) in [7, 11) is 0. The first-order valence-corrected chi connectivity index (χ1v) is 7.86. The van der Waals surface area contributed by atoms with E-state index in [1.54, 1.807) is 12.1 Å². The van der Waals surface area contributed by atoms with Gasteiger partial charge in [-0.25, -0.2) is 9.78 Å². The third kappa shape index (κ3) is 2.13. The van der Waals surface area contributed by atoms with Crippen molar-refractivity contribution in [3.63, 3.8) is 0 Å². The molecular formula is C17H22N2O2. The quantitative estimate of drug-likeness (QED) is 0.904. The number of rotatable bonds is 5. The maximum absolute atomic E-state index is 11.3. The van der Waals surface area contributed by atoms with E-state index in [4.69, 9.17) is 4.98 Å². The molecule has 2 aromatic rings. The summed E-state index contributed by atoms with van der Waals surface area (Å²) in [6.07, 6.45) is 6.66. The second-order valence-electron chi connectivity index (χ2n) is 6.05. The average Bonchev–Trinajstić information content (AvgIpc) is 2.77. The van der Waals surface area contributed by atoms with Crippen LogP contribution in [0.4, 0.5) is 0 Å². The summed E-state index contributed by atoms with van der Waals surface area (Å²) in [5.41, 5.74) is 2.40. The molecule has 0 aliphatic heterocycles. The largest absolute Gasteiger partial charge is 0.478 e. The molecule has 0 saturated heterocycles. The number of imidazole rings is 1. The van der Waals surface area contributed by atoms with Crippen LogP contribution in [0.3, 0.4) is 0 Å². The van der Waals surface area contributed by atoms with Gasteiger partial charge in [-0.1, -0.05) is 13.8 Å². The van der Waals surface area contributed by atoms with Crippen molar-refractivity contribution in [2.45, 2.75) is 57.9 Å². The Kier molecular flexibility index (Phi) is 3.47. The van der Waals surface area contributed by atoms with Crippen LogP contribution in [0.25, 0.3) is 11.0 Å². The fourth-order valence-electron chi connectivity index (χ4n) is 3.50. The molecule has 0 amide bonds. The predicted molar refractivity (Wildman–Crippen MR) is 82.8 cm³/mol. The third-order valence-electron chi connectivity index (χ3n) is 4.86. The Balaban J connectivity index is 2.24. The molecule has 1 saturated carbocycles. The molecule has 3 rings (SSSR count). The molecule has 4 nitrogen and oxygen atoms in total. The third-order valence-corrected chi connectivity index (χ3v) is 4.86. The lowest BCUT2D eigenvalue weighted by molar-refractivity contribution is 0.0697. The van der Waals surface area contributed by atoms with Crippen LogP contribution in [0.1, 0.15) is 62.1 Å². The molecule has 0 radical (unpaired) electrons.